The Morgan fingerprint density at radius 1 is 1.20 bits per heavy atom. The van der Waals surface area contributed by atoms with E-state index in [0.717, 1.165) is 5.56 Å². The number of carbonyl (C=O) groups is 3. The number of hydrogen-bond donors (Lipinski definition) is 3. The van der Waals surface area contributed by atoms with Crippen LogP contribution in [0.1, 0.15) is 31.7 Å². The van der Waals surface area contributed by atoms with E-state index in [1.165, 1.54) is 12.1 Å². The fraction of sp³-hybridized carbons (Fsp3) is 0.500. The molecule has 8 heteroatoms. The molecule has 3 N–H and O–H groups in total. The van der Waals surface area contributed by atoms with Gasteiger partial charge in [0, 0.05) is 13.0 Å². The number of allylic oxidation sites excluding steroid dienone is 2. The van der Waals surface area contributed by atoms with Gasteiger partial charge in [0.25, 0.3) is 0 Å². The van der Waals surface area contributed by atoms with Crippen molar-refractivity contribution in [1.29, 1.82) is 0 Å². The number of esters is 1. The van der Waals surface area contributed by atoms with Crippen LogP contribution >= 0.6 is 0 Å². The summed E-state index contributed by atoms with van der Waals surface area (Å²) >= 11 is 0. The van der Waals surface area contributed by atoms with Crippen LogP contribution in [0.3, 0.4) is 0 Å². The fourth-order valence-corrected chi connectivity index (χ4v) is 3.19. The third kappa shape index (κ3) is 7.94. The van der Waals surface area contributed by atoms with E-state index in [2.05, 4.69) is 10.6 Å². The van der Waals surface area contributed by atoms with Crippen LogP contribution < -0.4 is 10.6 Å². The largest absolute Gasteiger partial charge is 0.463 e. The Balaban J connectivity index is 2.08. The summed E-state index contributed by atoms with van der Waals surface area (Å²) < 4.78 is 18.5. The zero-order chi connectivity index (χ0) is 21.9. The molecule has 30 heavy (non-hydrogen) atoms. The molecular formula is C22H29FN2O5. The van der Waals surface area contributed by atoms with E-state index in [9.17, 15) is 18.8 Å². The van der Waals surface area contributed by atoms with Crippen LogP contribution in [0.15, 0.2) is 36.4 Å². The fourth-order valence-electron chi connectivity index (χ4n) is 3.19. The van der Waals surface area contributed by atoms with Gasteiger partial charge < -0.3 is 20.5 Å². The van der Waals surface area contributed by atoms with Gasteiger partial charge >= 0.3 is 5.97 Å². The van der Waals surface area contributed by atoms with E-state index in [1.54, 1.807) is 25.1 Å². The van der Waals surface area contributed by atoms with Crippen molar-refractivity contribution in [3.63, 3.8) is 0 Å². The van der Waals surface area contributed by atoms with Crippen molar-refractivity contribution in [3.05, 3.63) is 47.8 Å². The van der Waals surface area contributed by atoms with E-state index in [4.69, 9.17) is 9.84 Å². The molecule has 1 aromatic rings. The van der Waals surface area contributed by atoms with E-state index < -0.39 is 17.9 Å². The third-order valence-corrected chi connectivity index (χ3v) is 4.84. The summed E-state index contributed by atoms with van der Waals surface area (Å²) in [5, 5.41) is 14.1. The summed E-state index contributed by atoms with van der Waals surface area (Å²) in [6, 6.07) is 5.60. The first kappa shape index (κ1) is 23.5. The van der Waals surface area contributed by atoms with Gasteiger partial charge in [0.2, 0.25) is 11.8 Å². The van der Waals surface area contributed by atoms with Crippen molar-refractivity contribution < 1.29 is 28.6 Å². The minimum absolute atomic E-state index is 0.00168. The molecule has 1 aliphatic rings. The second kappa shape index (κ2) is 12.1. The summed E-state index contributed by atoms with van der Waals surface area (Å²) in [6.07, 6.45) is 4.78. The monoisotopic (exact) mass is 420 g/mol. The number of halogens is 1. The second-order valence-corrected chi connectivity index (χ2v) is 7.48. The molecule has 0 unspecified atom stereocenters. The Morgan fingerprint density at radius 3 is 2.53 bits per heavy atom. The quantitative estimate of drug-likeness (QED) is 0.478. The van der Waals surface area contributed by atoms with Gasteiger partial charge in [-0.25, -0.2) is 4.39 Å². The number of rotatable bonds is 6. The van der Waals surface area contributed by atoms with Crippen molar-refractivity contribution in [2.24, 2.45) is 11.8 Å². The molecule has 0 aromatic heterocycles. The van der Waals surface area contributed by atoms with Crippen LogP contribution in [0.2, 0.25) is 0 Å². The zero-order valence-corrected chi connectivity index (χ0v) is 17.1. The first-order chi connectivity index (χ1) is 14.4. The van der Waals surface area contributed by atoms with Crippen LogP contribution in [0.5, 0.6) is 0 Å². The van der Waals surface area contributed by atoms with Crippen molar-refractivity contribution >= 4 is 17.8 Å². The summed E-state index contributed by atoms with van der Waals surface area (Å²) in [7, 11) is 0. The van der Waals surface area contributed by atoms with Crippen molar-refractivity contribution in [1.82, 2.24) is 10.6 Å². The molecule has 0 radical (unpaired) electrons. The van der Waals surface area contributed by atoms with Crippen LogP contribution in [0.4, 0.5) is 4.39 Å². The molecule has 164 valence electrons. The average molecular weight is 420 g/mol. The zero-order valence-electron chi connectivity index (χ0n) is 17.1. The summed E-state index contributed by atoms with van der Waals surface area (Å²) in [5.41, 5.74) is 0.832. The molecule has 0 bridgehead atoms. The molecule has 1 aromatic carbocycles. The summed E-state index contributed by atoms with van der Waals surface area (Å²) in [6.45, 7) is 1.73. The van der Waals surface area contributed by atoms with E-state index in [0.29, 0.717) is 19.3 Å². The molecule has 3 atom stereocenters. The standard InChI is InChI=1S/C22H29FN2O5/c1-15-14-30-22(29)18(12-16-6-8-19(23)9-7-16)5-3-2-4-17(21(28)25-15)13-20(27)24-10-11-26/h2-3,6-9,15,17-18,26H,4-5,10-14H2,1H3,(H,24,27)(H,25,28)/b3-2-/t15-,17+,18-/m1/s1. The van der Waals surface area contributed by atoms with Crippen LogP contribution in [0, 0.1) is 17.7 Å². The number of ether oxygens (including phenoxy) is 1. The van der Waals surface area contributed by atoms with Crippen molar-refractivity contribution in [2.75, 3.05) is 19.8 Å². The lowest BCUT2D eigenvalue weighted by atomic mass is 9.94. The minimum Gasteiger partial charge on any atom is -0.463 e. The first-order valence-electron chi connectivity index (χ1n) is 10.1. The highest BCUT2D eigenvalue weighted by Gasteiger charge is 2.25. The molecule has 1 heterocycles. The Morgan fingerprint density at radius 2 is 1.87 bits per heavy atom. The first-order valence-corrected chi connectivity index (χ1v) is 10.1. The Kier molecular flexibility index (Phi) is 9.47. The number of cyclic esters (lactones) is 1. The summed E-state index contributed by atoms with van der Waals surface area (Å²) in [4.78, 5) is 37.0. The number of aliphatic hydroxyl groups is 1. The van der Waals surface area contributed by atoms with E-state index in [-0.39, 0.29) is 49.8 Å². The molecule has 7 nitrogen and oxygen atoms in total. The van der Waals surface area contributed by atoms with Gasteiger partial charge in [-0.15, -0.1) is 0 Å². The van der Waals surface area contributed by atoms with Gasteiger partial charge in [-0.05, 0) is 43.9 Å². The van der Waals surface area contributed by atoms with E-state index >= 15 is 0 Å². The molecule has 0 fully saturated rings. The number of amides is 2. The highest BCUT2D eigenvalue weighted by atomic mass is 19.1. The maximum Gasteiger partial charge on any atom is 0.309 e. The molecule has 2 rings (SSSR count). The normalized spacial score (nSPS) is 24.0. The number of hydrogen-bond acceptors (Lipinski definition) is 5. The third-order valence-electron chi connectivity index (χ3n) is 4.84. The maximum absolute atomic E-state index is 13.1. The summed E-state index contributed by atoms with van der Waals surface area (Å²) in [5.74, 6) is -2.29. The Hall–Kier alpha value is -2.74. The van der Waals surface area contributed by atoms with Crippen molar-refractivity contribution in [3.8, 4) is 0 Å². The molecule has 0 saturated carbocycles. The highest BCUT2D eigenvalue weighted by Crippen LogP contribution is 2.18. The second-order valence-electron chi connectivity index (χ2n) is 7.48. The smallest absolute Gasteiger partial charge is 0.309 e. The predicted octanol–water partition coefficient (Wildman–Crippen LogP) is 1.50. The average Bonchev–Trinajstić information content (AvgIpc) is 2.72. The topological polar surface area (TPSA) is 105 Å². The lowest BCUT2D eigenvalue weighted by Gasteiger charge is -2.22. The number of benzene rings is 1. The van der Waals surface area contributed by atoms with Gasteiger partial charge in [-0.2, -0.15) is 0 Å². The minimum atomic E-state index is -0.562. The van der Waals surface area contributed by atoms with Crippen LogP contribution in [0.25, 0.3) is 0 Å². The number of aliphatic hydroxyl groups excluding tert-OH is 1. The van der Waals surface area contributed by atoms with Gasteiger partial charge in [-0.3, -0.25) is 14.4 Å². The molecule has 0 saturated heterocycles. The molecule has 0 aliphatic carbocycles. The van der Waals surface area contributed by atoms with Crippen molar-refractivity contribution in [2.45, 2.75) is 38.6 Å². The molecular weight excluding hydrogens is 391 g/mol. The lowest BCUT2D eigenvalue weighted by molar-refractivity contribution is -0.149. The van der Waals surface area contributed by atoms with E-state index in [1.807, 2.05) is 6.08 Å². The molecule has 2 amide bonds. The van der Waals surface area contributed by atoms with Gasteiger partial charge in [0.15, 0.2) is 0 Å². The highest BCUT2D eigenvalue weighted by molar-refractivity contribution is 5.86. The Bertz CT molecular complexity index is 750. The Labute approximate surface area is 175 Å². The van der Waals surface area contributed by atoms with Crippen LogP contribution in [-0.2, 0) is 25.5 Å². The van der Waals surface area contributed by atoms with Gasteiger partial charge in [0.05, 0.1) is 24.5 Å². The molecule has 1 aliphatic heterocycles. The maximum atomic E-state index is 13.1. The number of carbonyl (C=O) groups excluding carboxylic acids is 3. The van der Waals surface area contributed by atoms with Gasteiger partial charge in [-0.1, -0.05) is 24.3 Å². The van der Waals surface area contributed by atoms with Crippen LogP contribution in [-0.4, -0.2) is 48.7 Å². The van der Waals surface area contributed by atoms with Gasteiger partial charge in [0.1, 0.15) is 12.4 Å². The SMILES string of the molecule is C[C@@H]1COC(=O)[C@@H](Cc2ccc(F)cc2)C/C=C\C[C@@H](CC(=O)NCCO)C(=O)N1. The lowest BCUT2D eigenvalue weighted by Crippen LogP contribution is -2.42. The predicted molar refractivity (Wildman–Crippen MR) is 109 cm³/mol. The molecule has 0 spiro atoms. The number of nitrogens with one attached hydrogen (secondary N) is 2.